The van der Waals surface area contributed by atoms with Crippen LogP contribution in [0.4, 0.5) is 0 Å². The van der Waals surface area contributed by atoms with E-state index in [0.29, 0.717) is 5.56 Å². The largest absolute Gasteiger partial charge is 0.479 e. The van der Waals surface area contributed by atoms with E-state index >= 15 is 0 Å². The number of thiophene rings is 1. The van der Waals surface area contributed by atoms with Crippen molar-refractivity contribution in [2.75, 3.05) is 0 Å². The van der Waals surface area contributed by atoms with Gasteiger partial charge in [-0.25, -0.2) is 4.79 Å². The van der Waals surface area contributed by atoms with Gasteiger partial charge in [0.15, 0.2) is 6.10 Å². The highest BCUT2D eigenvalue weighted by molar-refractivity contribution is 7.67. The first-order valence-electron chi connectivity index (χ1n) is 5.34. The zero-order valence-corrected chi connectivity index (χ0v) is 11.4. The maximum absolute atomic E-state index is 12.0. The summed E-state index contributed by atoms with van der Waals surface area (Å²) in [7, 11) is -4.13. The van der Waals surface area contributed by atoms with Crippen LogP contribution in [0.25, 0.3) is 0 Å². The molecule has 0 saturated heterocycles. The van der Waals surface area contributed by atoms with Gasteiger partial charge in [-0.05, 0) is 17.0 Å². The minimum Gasteiger partial charge on any atom is -0.479 e. The quantitative estimate of drug-likeness (QED) is 0.828. The second-order valence-electron chi connectivity index (χ2n) is 3.71. The van der Waals surface area contributed by atoms with E-state index in [1.807, 2.05) is 0 Å². The van der Waals surface area contributed by atoms with Crippen LogP contribution in [0.15, 0.2) is 47.8 Å². The van der Waals surface area contributed by atoms with Crippen LogP contribution in [0.3, 0.4) is 0 Å². The van der Waals surface area contributed by atoms with Gasteiger partial charge in [-0.1, -0.05) is 36.4 Å². The van der Waals surface area contributed by atoms with Crippen molar-refractivity contribution in [3.05, 3.63) is 53.4 Å². The van der Waals surface area contributed by atoms with Crippen LogP contribution in [0, 0.1) is 0 Å². The summed E-state index contributed by atoms with van der Waals surface area (Å²) in [5.74, 6) is -1.31. The predicted molar refractivity (Wildman–Crippen MR) is 71.7 cm³/mol. The van der Waals surface area contributed by atoms with Crippen molar-refractivity contribution in [1.29, 1.82) is 0 Å². The Kier molecular flexibility index (Phi) is 4.17. The summed E-state index contributed by atoms with van der Waals surface area (Å²) in [5.41, 5.74) is 0.320. The third-order valence-corrected chi connectivity index (χ3v) is 5.24. The van der Waals surface area contributed by atoms with Crippen molar-refractivity contribution in [3.63, 3.8) is 0 Å². The third-order valence-electron chi connectivity index (χ3n) is 2.36. The summed E-state index contributed by atoms with van der Waals surface area (Å²) >= 11 is 1.05. The molecule has 5 nitrogen and oxygen atoms in total. The van der Waals surface area contributed by atoms with Crippen LogP contribution < -0.4 is 4.62 Å². The molecular weight excluding hydrogens is 287 g/mol. The molecule has 2 atom stereocenters. The van der Waals surface area contributed by atoms with E-state index in [4.69, 9.17) is 9.63 Å². The lowest BCUT2D eigenvalue weighted by atomic mass is 10.1. The minimum absolute atomic E-state index is 0.120. The van der Waals surface area contributed by atoms with Gasteiger partial charge in [0.25, 0.3) is 0 Å². The lowest BCUT2D eigenvalue weighted by Gasteiger charge is -2.17. The molecule has 0 fully saturated rings. The van der Waals surface area contributed by atoms with E-state index < -0.39 is 19.7 Å². The Hall–Kier alpha value is -1.46. The van der Waals surface area contributed by atoms with Gasteiger partial charge in [-0.15, -0.1) is 11.3 Å². The van der Waals surface area contributed by atoms with Gasteiger partial charge in [0, 0.05) is 0 Å². The van der Waals surface area contributed by atoms with Crippen molar-refractivity contribution in [1.82, 2.24) is 0 Å². The molecular formula is C12H11O5PS. The van der Waals surface area contributed by atoms with Crippen molar-refractivity contribution < 1.29 is 23.9 Å². The average molecular weight is 298 g/mol. The van der Waals surface area contributed by atoms with Crippen LogP contribution in [-0.2, 0) is 13.9 Å². The molecule has 7 heteroatoms. The van der Waals surface area contributed by atoms with Gasteiger partial charge >= 0.3 is 13.6 Å². The van der Waals surface area contributed by atoms with Crippen LogP contribution in [0.2, 0.25) is 0 Å². The summed E-state index contributed by atoms with van der Waals surface area (Å²) in [4.78, 5) is 21.0. The molecule has 2 rings (SSSR count). The van der Waals surface area contributed by atoms with Gasteiger partial charge in [-0.3, -0.25) is 9.09 Å². The van der Waals surface area contributed by atoms with E-state index in [-0.39, 0.29) is 4.62 Å². The Morgan fingerprint density at radius 2 is 1.89 bits per heavy atom. The molecule has 19 heavy (non-hydrogen) atoms. The minimum atomic E-state index is -4.13. The monoisotopic (exact) mass is 298 g/mol. The fraction of sp³-hybridized carbons (Fsp3) is 0.0833. The van der Waals surface area contributed by atoms with E-state index in [0.717, 1.165) is 11.3 Å². The van der Waals surface area contributed by atoms with Crippen molar-refractivity contribution in [2.24, 2.45) is 0 Å². The lowest BCUT2D eigenvalue weighted by molar-refractivity contribution is -0.145. The normalized spacial score (nSPS) is 15.6. The molecule has 0 saturated carbocycles. The Balaban J connectivity index is 2.28. The molecule has 0 spiro atoms. The maximum atomic E-state index is 12.0. The molecule has 1 heterocycles. The summed E-state index contributed by atoms with van der Waals surface area (Å²) in [6.45, 7) is 0. The predicted octanol–water partition coefficient (Wildman–Crippen LogP) is 2.40. The Morgan fingerprint density at radius 1 is 1.21 bits per heavy atom. The fourth-order valence-corrected chi connectivity index (χ4v) is 3.68. The highest BCUT2D eigenvalue weighted by atomic mass is 32.1. The molecule has 1 aromatic carbocycles. The summed E-state index contributed by atoms with van der Waals surface area (Å²) < 4.78 is 17.1. The van der Waals surface area contributed by atoms with Gasteiger partial charge in [0.05, 0.1) is 0 Å². The second-order valence-corrected chi connectivity index (χ2v) is 6.69. The number of carboxylic acid groups (broad SMARTS) is 1. The average Bonchev–Trinajstić information content (AvgIpc) is 2.91. The molecule has 0 aliphatic heterocycles. The first-order chi connectivity index (χ1) is 9.00. The van der Waals surface area contributed by atoms with Gasteiger partial charge in [0.2, 0.25) is 0 Å². The topological polar surface area (TPSA) is 83.8 Å². The Morgan fingerprint density at radius 3 is 2.42 bits per heavy atom. The van der Waals surface area contributed by atoms with E-state index in [2.05, 4.69) is 0 Å². The van der Waals surface area contributed by atoms with Crippen molar-refractivity contribution in [3.8, 4) is 0 Å². The number of rotatable bonds is 5. The SMILES string of the molecule is O=C(O)C(OP(=O)(O)c1cccs1)c1ccccc1. The number of hydrogen-bond donors (Lipinski definition) is 2. The number of benzene rings is 1. The first-order valence-corrected chi connectivity index (χ1v) is 7.79. The highest BCUT2D eigenvalue weighted by Gasteiger charge is 2.33. The first kappa shape index (κ1) is 14.0. The lowest BCUT2D eigenvalue weighted by Crippen LogP contribution is -2.16. The van der Waals surface area contributed by atoms with Crippen LogP contribution in [0.5, 0.6) is 0 Å². The third kappa shape index (κ3) is 3.30. The molecule has 2 unspecified atom stereocenters. The van der Waals surface area contributed by atoms with Crippen molar-refractivity contribution >= 4 is 29.5 Å². The van der Waals surface area contributed by atoms with Crippen LogP contribution >= 0.6 is 18.9 Å². The zero-order valence-electron chi connectivity index (χ0n) is 9.67. The molecule has 2 N–H and O–H groups in total. The zero-order chi connectivity index (χ0) is 13.9. The molecule has 0 amide bonds. The summed E-state index contributed by atoms with van der Waals surface area (Å²) in [6, 6.07) is 11.1. The summed E-state index contributed by atoms with van der Waals surface area (Å²) in [6.07, 6.45) is -1.47. The Bertz CT molecular complexity index is 596. The van der Waals surface area contributed by atoms with Gasteiger partial charge in [-0.2, -0.15) is 0 Å². The second kappa shape index (κ2) is 5.67. The molecule has 2 aromatic rings. The smallest absolute Gasteiger partial charge is 0.369 e. The number of aliphatic carboxylic acids is 1. The maximum Gasteiger partial charge on any atom is 0.369 e. The Labute approximate surface area is 113 Å². The van der Waals surface area contributed by atoms with E-state index in [1.54, 1.807) is 29.6 Å². The highest BCUT2D eigenvalue weighted by Crippen LogP contribution is 2.47. The molecule has 0 aliphatic carbocycles. The standard InChI is InChI=1S/C12H11O5PS/c13-12(14)11(9-5-2-1-3-6-9)17-18(15,16)10-7-4-8-19-10/h1-8,11H,(H,13,14)(H,15,16). The number of carbonyl (C=O) groups is 1. The van der Waals surface area contributed by atoms with Gasteiger partial charge in [0.1, 0.15) is 4.62 Å². The fourth-order valence-electron chi connectivity index (χ4n) is 1.50. The molecule has 0 aliphatic rings. The number of carboxylic acids is 1. The van der Waals surface area contributed by atoms with E-state index in [9.17, 15) is 14.3 Å². The summed E-state index contributed by atoms with van der Waals surface area (Å²) in [5, 5.41) is 10.8. The number of hydrogen-bond acceptors (Lipinski definition) is 4. The van der Waals surface area contributed by atoms with Crippen molar-refractivity contribution in [2.45, 2.75) is 6.10 Å². The molecule has 0 bridgehead atoms. The molecule has 1 aromatic heterocycles. The van der Waals surface area contributed by atoms with Gasteiger partial charge < -0.3 is 10.00 Å². The van der Waals surface area contributed by atoms with Crippen LogP contribution in [0.1, 0.15) is 11.7 Å². The molecule has 100 valence electrons. The van der Waals surface area contributed by atoms with E-state index in [1.165, 1.54) is 18.2 Å². The molecule has 0 radical (unpaired) electrons. The van der Waals surface area contributed by atoms with Crippen LogP contribution in [-0.4, -0.2) is 16.0 Å².